The number of hydrogen-bond acceptors (Lipinski definition) is 3. The summed E-state index contributed by atoms with van der Waals surface area (Å²) < 4.78 is 46.6. The van der Waals surface area contributed by atoms with Gasteiger partial charge in [0.1, 0.15) is 0 Å². The van der Waals surface area contributed by atoms with Crippen molar-refractivity contribution in [1.29, 1.82) is 0 Å². The number of alkyl halides is 3. The first-order valence-electron chi connectivity index (χ1n) is 6.11. The highest BCUT2D eigenvalue weighted by molar-refractivity contribution is 5.43. The molecule has 0 atom stereocenters. The molecule has 2 N–H and O–H groups in total. The van der Waals surface area contributed by atoms with Gasteiger partial charge in [0.2, 0.25) is 0 Å². The Morgan fingerprint density at radius 1 is 1.16 bits per heavy atom. The third-order valence-corrected chi connectivity index (χ3v) is 2.38. The van der Waals surface area contributed by atoms with E-state index in [-0.39, 0.29) is 0 Å². The first-order valence-corrected chi connectivity index (χ1v) is 6.11. The molecular weight excluding hydrogens is 259 g/mol. The van der Waals surface area contributed by atoms with Crippen LogP contribution in [0, 0.1) is 0 Å². The number of ether oxygens (including phenoxy) is 2. The molecule has 0 bridgehead atoms. The van der Waals surface area contributed by atoms with Crippen molar-refractivity contribution in [3.63, 3.8) is 0 Å². The van der Waals surface area contributed by atoms with Crippen molar-refractivity contribution in [2.45, 2.75) is 25.9 Å². The van der Waals surface area contributed by atoms with Gasteiger partial charge in [-0.2, -0.15) is 13.2 Å². The van der Waals surface area contributed by atoms with Gasteiger partial charge < -0.3 is 15.2 Å². The Bertz CT molecular complexity index is 394. The van der Waals surface area contributed by atoms with Gasteiger partial charge in [-0.15, -0.1) is 0 Å². The highest BCUT2D eigenvalue weighted by Gasteiger charge is 2.27. The Kier molecular flexibility index (Phi) is 5.95. The van der Waals surface area contributed by atoms with Gasteiger partial charge >= 0.3 is 6.18 Å². The molecule has 1 rings (SSSR count). The van der Waals surface area contributed by atoms with Gasteiger partial charge in [-0.3, -0.25) is 0 Å². The lowest BCUT2D eigenvalue weighted by molar-refractivity contribution is -0.139. The Hall–Kier alpha value is -1.43. The van der Waals surface area contributed by atoms with Crippen LogP contribution in [0.2, 0.25) is 0 Å². The van der Waals surface area contributed by atoms with Crippen LogP contribution in [-0.4, -0.2) is 25.9 Å². The number of halogens is 3. The van der Waals surface area contributed by atoms with E-state index < -0.39 is 19.2 Å². The number of rotatable bonds is 7. The van der Waals surface area contributed by atoms with Crippen LogP contribution in [0.5, 0.6) is 11.5 Å². The lowest BCUT2D eigenvalue weighted by Gasteiger charge is -2.14. The Labute approximate surface area is 110 Å². The lowest BCUT2D eigenvalue weighted by atomic mass is 10.1. The molecule has 1 aromatic rings. The standard InChI is InChI=1S/C13H18F3NO2/c1-2-18-12-9-10(5-7-17)3-4-11(12)19-8-6-13(14,15)16/h3-4,9H,2,5-8,17H2,1H3. The van der Waals surface area contributed by atoms with E-state index in [9.17, 15) is 13.2 Å². The summed E-state index contributed by atoms with van der Waals surface area (Å²) in [4.78, 5) is 0. The molecule has 0 amide bonds. The Balaban J connectivity index is 2.70. The van der Waals surface area contributed by atoms with Gasteiger partial charge in [0.15, 0.2) is 11.5 Å². The van der Waals surface area contributed by atoms with E-state index in [1.165, 1.54) is 0 Å². The summed E-state index contributed by atoms with van der Waals surface area (Å²) in [5.74, 6) is 0.780. The zero-order valence-corrected chi connectivity index (χ0v) is 10.8. The largest absolute Gasteiger partial charge is 0.490 e. The fourth-order valence-corrected chi connectivity index (χ4v) is 1.54. The summed E-state index contributed by atoms with van der Waals surface area (Å²) in [5.41, 5.74) is 6.42. The zero-order chi connectivity index (χ0) is 14.3. The minimum Gasteiger partial charge on any atom is -0.490 e. The number of nitrogens with two attached hydrogens (primary N) is 1. The molecule has 1 aromatic carbocycles. The van der Waals surface area contributed by atoms with Crippen LogP contribution >= 0.6 is 0 Å². The minimum atomic E-state index is -4.22. The summed E-state index contributed by atoms with van der Waals surface area (Å²) in [5, 5.41) is 0. The Morgan fingerprint density at radius 2 is 1.89 bits per heavy atom. The van der Waals surface area contributed by atoms with Crippen LogP contribution in [0.1, 0.15) is 18.9 Å². The van der Waals surface area contributed by atoms with E-state index in [4.69, 9.17) is 15.2 Å². The lowest BCUT2D eigenvalue weighted by Crippen LogP contribution is -2.13. The first kappa shape index (κ1) is 15.6. The van der Waals surface area contributed by atoms with Crippen molar-refractivity contribution in [2.75, 3.05) is 19.8 Å². The van der Waals surface area contributed by atoms with Gasteiger partial charge in [0, 0.05) is 0 Å². The smallest absolute Gasteiger partial charge is 0.392 e. The van der Waals surface area contributed by atoms with E-state index in [0.717, 1.165) is 5.56 Å². The van der Waals surface area contributed by atoms with Crippen LogP contribution < -0.4 is 15.2 Å². The summed E-state index contributed by atoms with van der Waals surface area (Å²) in [7, 11) is 0. The third kappa shape index (κ3) is 5.83. The van der Waals surface area contributed by atoms with Crippen molar-refractivity contribution < 1.29 is 22.6 Å². The Morgan fingerprint density at radius 3 is 2.47 bits per heavy atom. The second kappa shape index (κ2) is 7.23. The van der Waals surface area contributed by atoms with E-state index >= 15 is 0 Å². The summed E-state index contributed by atoms with van der Waals surface area (Å²) in [6.45, 7) is 2.30. The first-order chi connectivity index (χ1) is 8.96. The van der Waals surface area contributed by atoms with Crippen LogP contribution in [0.25, 0.3) is 0 Å². The van der Waals surface area contributed by atoms with Crippen molar-refractivity contribution in [1.82, 2.24) is 0 Å². The molecule has 0 aliphatic carbocycles. The van der Waals surface area contributed by atoms with Crippen molar-refractivity contribution in [2.24, 2.45) is 5.73 Å². The molecular formula is C13H18F3NO2. The number of hydrogen-bond donors (Lipinski definition) is 1. The van der Waals surface area contributed by atoms with E-state index in [1.807, 2.05) is 0 Å². The van der Waals surface area contributed by atoms with E-state index in [2.05, 4.69) is 0 Å². The molecule has 0 spiro atoms. The molecule has 19 heavy (non-hydrogen) atoms. The fourth-order valence-electron chi connectivity index (χ4n) is 1.54. The average Bonchev–Trinajstić information content (AvgIpc) is 2.31. The maximum Gasteiger partial charge on any atom is 0.392 e. The van der Waals surface area contributed by atoms with Crippen LogP contribution in [0.4, 0.5) is 13.2 Å². The molecule has 3 nitrogen and oxygen atoms in total. The molecule has 0 aromatic heterocycles. The maximum atomic E-state index is 12.0. The molecule has 0 unspecified atom stereocenters. The quantitative estimate of drug-likeness (QED) is 0.833. The SMILES string of the molecule is CCOc1cc(CCN)ccc1OCCC(F)(F)F. The molecule has 108 valence electrons. The molecule has 0 heterocycles. The predicted octanol–water partition coefficient (Wildman–Crippen LogP) is 2.92. The van der Waals surface area contributed by atoms with Gasteiger partial charge in [-0.05, 0) is 37.6 Å². The zero-order valence-electron chi connectivity index (χ0n) is 10.8. The molecule has 0 radical (unpaired) electrons. The highest BCUT2D eigenvalue weighted by atomic mass is 19.4. The van der Waals surface area contributed by atoms with E-state index in [1.54, 1.807) is 25.1 Å². The highest BCUT2D eigenvalue weighted by Crippen LogP contribution is 2.29. The third-order valence-electron chi connectivity index (χ3n) is 2.38. The predicted molar refractivity (Wildman–Crippen MR) is 66.5 cm³/mol. The molecule has 6 heteroatoms. The van der Waals surface area contributed by atoms with Crippen molar-refractivity contribution in [3.05, 3.63) is 23.8 Å². The van der Waals surface area contributed by atoms with Gasteiger partial charge in [-0.25, -0.2) is 0 Å². The molecule has 0 aliphatic rings. The normalized spacial score (nSPS) is 11.4. The second-order valence-electron chi connectivity index (χ2n) is 3.97. The van der Waals surface area contributed by atoms with Crippen molar-refractivity contribution >= 4 is 0 Å². The topological polar surface area (TPSA) is 44.5 Å². The summed E-state index contributed by atoms with van der Waals surface area (Å²) >= 11 is 0. The second-order valence-corrected chi connectivity index (χ2v) is 3.97. The van der Waals surface area contributed by atoms with Gasteiger partial charge in [0.25, 0.3) is 0 Å². The average molecular weight is 277 g/mol. The monoisotopic (exact) mass is 277 g/mol. The van der Waals surface area contributed by atoms with Crippen molar-refractivity contribution in [3.8, 4) is 11.5 Å². The molecule has 0 aliphatic heterocycles. The fraction of sp³-hybridized carbons (Fsp3) is 0.538. The number of benzene rings is 1. The molecule has 0 saturated heterocycles. The minimum absolute atomic E-state index is 0.326. The van der Waals surface area contributed by atoms with E-state index in [0.29, 0.717) is 31.1 Å². The van der Waals surface area contributed by atoms with Crippen LogP contribution in [-0.2, 0) is 6.42 Å². The molecule has 0 saturated carbocycles. The summed E-state index contributed by atoms with van der Waals surface area (Å²) in [6, 6.07) is 5.14. The van der Waals surface area contributed by atoms with Crippen LogP contribution in [0.15, 0.2) is 18.2 Å². The van der Waals surface area contributed by atoms with Crippen LogP contribution in [0.3, 0.4) is 0 Å². The maximum absolute atomic E-state index is 12.0. The molecule has 0 fully saturated rings. The van der Waals surface area contributed by atoms with Gasteiger partial charge in [0.05, 0.1) is 19.6 Å². The van der Waals surface area contributed by atoms with Gasteiger partial charge in [-0.1, -0.05) is 6.07 Å². The summed E-state index contributed by atoms with van der Waals surface area (Å²) in [6.07, 6.45) is -4.52.